The third kappa shape index (κ3) is 8.02. The molecule has 0 aliphatic rings. The van der Waals surface area contributed by atoms with Crippen molar-refractivity contribution in [2.45, 2.75) is 33.6 Å². The summed E-state index contributed by atoms with van der Waals surface area (Å²) in [5, 5.41) is 0. The van der Waals surface area contributed by atoms with Crippen molar-refractivity contribution < 1.29 is 9.47 Å². The Bertz CT molecular complexity index is 83.9. The monoisotopic (exact) mass is 174 g/mol. The second-order valence-electron chi connectivity index (χ2n) is 3.14. The van der Waals surface area contributed by atoms with E-state index in [9.17, 15) is 0 Å². The Kier molecular flexibility index (Phi) is 8.95. The summed E-state index contributed by atoms with van der Waals surface area (Å²) in [5.74, 6) is 0.692. The normalized spacial score (nSPS) is 13.2. The second-order valence-corrected chi connectivity index (χ2v) is 3.14. The summed E-state index contributed by atoms with van der Waals surface area (Å²) in [7, 11) is 0. The molecule has 0 saturated heterocycles. The maximum Gasteiger partial charge on any atom is 0.0491 e. The summed E-state index contributed by atoms with van der Waals surface area (Å²) in [6.45, 7) is 9.78. The van der Waals surface area contributed by atoms with Gasteiger partial charge in [-0.05, 0) is 19.3 Å². The van der Waals surface area contributed by atoms with Crippen LogP contribution in [0.2, 0.25) is 0 Å². The van der Waals surface area contributed by atoms with E-state index in [1.165, 1.54) is 6.42 Å². The summed E-state index contributed by atoms with van der Waals surface area (Å²) in [5.41, 5.74) is 0. The van der Waals surface area contributed by atoms with Gasteiger partial charge in [-0.2, -0.15) is 0 Å². The van der Waals surface area contributed by atoms with E-state index in [-0.39, 0.29) is 0 Å². The van der Waals surface area contributed by atoms with Crippen molar-refractivity contribution in [3.63, 3.8) is 0 Å². The Morgan fingerprint density at radius 3 is 2.33 bits per heavy atom. The fourth-order valence-electron chi connectivity index (χ4n) is 0.810. The minimum Gasteiger partial charge on any atom is -0.382 e. The minimum absolute atomic E-state index is 0.692. The molecule has 1 atom stereocenters. The zero-order chi connectivity index (χ0) is 9.23. The van der Waals surface area contributed by atoms with Gasteiger partial charge < -0.3 is 9.47 Å². The molecule has 0 radical (unpaired) electrons. The SMILES string of the molecule is CCOCCCOCC(C)CC. The molecule has 0 aliphatic carbocycles. The first-order chi connectivity index (χ1) is 5.81. The van der Waals surface area contributed by atoms with Gasteiger partial charge in [-0.3, -0.25) is 0 Å². The first kappa shape index (κ1) is 11.9. The lowest BCUT2D eigenvalue weighted by Crippen LogP contribution is -2.07. The third-order valence-electron chi connectivity index (χ3n) is 1.88. The van der Waals surface area contributed by atoms with Crippen LogP contribution in [0, 0.1) is 5.92 Å². The Hall–Kier alpha value is -0.0800. The molecule has 74 valence electrons. The Morgan fingerprint density at radius 1 is 1.08 bits per heavy atom. The summed E-state index contributed by atoms with van der Waals surface area (Å²) in [4.78, 5) is 0. The molecule has 1 unspecified atom stereocenters. The quantitative estimate of drug-likeness (QED) is 0.526. The highest BCUT2D eigenvalue weighted by Gasteiger charge is 1.97. The molecular weight excluding hydrogens is 152 g/mol. The van der Waals surface area contributed by atoms with Gasteiger partial charge in [0, 0.05) is 26.4 Å². The Labute approximate surface area is 76.3 Å². The first-order valence-corrected chi connectivity index (χ1v) is 4.96. The number of hydrogen-bond acceptors (Lipinski definition) is 2. The molecule has 0 aromatic carbocycles. The average Bonchev–Trinajstić information content (AvgIpc) is 2.10. The van der Waals surface area contributed by atoms with Gasteiger partial charge in [0.2, 0.25) is 0 Å². The fraction of sp³-hybridized carbons (Fsp3) is 1.00. The molecule has 0 fully saturated rings. The number of ether oxygens (including phenoxy) is 2. The Balaban J connectivity index is 2.90. The van der Waals surface area contributed by atoms with Gasteiger partial charge in [-0.15, -0.1) is 0 Å². The van der Waals surface area contributed by atoms with Crippen molar-refractivity contribution in [2.24, 2.45) is 5.92 Å². The van der Waals surface area contributed by atoms with E-state index >= 15 is 0 Å². The molecule has 0 rings (SSSR count). The molecule has 0 N–H and O–H groups in total. The molecular formula is C10H22O2. The largest absolute Gasteiger partial charge is 0.382 e. The van der Waals surface area contributed by atoms with E-state index in [1.807, 2.05) is 6.92 Å². The maximum atomic E-state index is 5.45. The molecule has 0 heterocycles. The fourth-order valence-corrected chi connectivity index (χ4v) is 0.810. The maximum absolute atomic E-state index is 5.45. The predicted octanol–water partition coefficient (Wildman–Crippen LogP) is 2.48. The van der Waals surface area contributed by atoms with Crippen LogP contribution in [0.1, 0.15) is 33.6 Å². The average molecular weight is 174 g/mol. The molecule has 0 aromatic heterocycles. The lowest BCUT2D eigenvalue weighted by atomic mass is 10.1. The molecule has 0 aromatic rings. The van der Waals surface area contributed by atoms with Crippen LogP contribution >= 0.6 is 0 Å². The highest BCUT2D eigenvalue weighted by Crippen LogP contribution is 2.00. The predicted molar refractivity (Wildman–Crippen MR) is 51.4 cm³/mol. The zero-order valence-electron chi connectivity index (χ0n) is 8.64. The molecule has 0 saturated carbocycles. The van der Waals surface area contributed by atoms with Crippen LogP contribution in [-0.2, 0) is 9.47 Å². The number of hydrogen-bond donors (Lipinski definition) is 0. The van der Waals surface area contributed by atoms with E-state index < -0.39 is 0 Å². The molecule has 0 aliphatic heterocycles. The van der Waals surface area contributed by atoms with Gasteiger partial charge in [0.15, 0.2) is 0 Å². The van der Waals surface area contributed by atoms with E-state index in [0.29, 0.717) is 5.92 Å². The van der Waals surface area contributed by atoms with Crippen LogP contribution in [0.3, 0.4) is 0 Å². The van der Waals surface area contributed by atoms with Crippen LogP contribution in [0.5, 0.6) is 0 Å². The summed E-state index contributed by atoms with van der Waals surface area (Å²) < 4.78 is 10.6. The smallest absolute Gasteiger partial charge is 0.0491 e. The summed E-state index contributed by atoms with van der Waals surface area (Å²) in [6, 6.07) is 0. The molecule has 2 heteroatoms. The van der Waals surface area contributed by atoms with E-state index in [0.717, 1.165) is 32.8 Å². The van der Waals surface area contributed by atoms with E-state index in [4.69, 9.17) is 9.47 Å². The van der Waals surface area contributed by atoms with Crippen LogP contribution in [-0.4, -0.2) is 26.4 Å². The van der Waals surface area contributed by atoms with Crippen LogP contribution in [0.15, 0.2) is 0 Å². The first-order valence-electron chi connectivity index (χ1n) is 4.96. The van der Waals surface area contributed by atoms with Crippen molar-refractivity contribution in [1.82, 2.24) is 0 Å². The van der Waals surface area contributed by atoms with Gasteiger partial charge in [0.1, 0.15) is 0 Å². The molecule has 0 spiro atoms. The lowest BCUT2D eigenvalue weighted by molar-refractivity contribution is 0.0718. The number of rotatable bonds is 8. The van der Waals surface area contributed by atoms with Crippen molar-refractivity contribution >= 4 is 0 Å². The summed E-state index contributed by atoms with van der Waals surface area (Å²) >= 11 is 0. The van der Waals surface area contributed by atoms with Crippen molar-refractivity contribution in [2.75, 3.05) is 26.4 Å². The topological polar surface area (TPSA) is 18.5 Å². The minimum atomic E-state index is 0.692. The van der Waals surface area contributed by atoms with Crippen molar-refractivity contribution in [3.05, 3.63) is 0 Å². The molecule has 0 amide bonds. The van der Waals surface area contributed by atoms with Crippen LogP contribution < -0.4 is 0 Å². The Morgan fingerprint density at radius 2 is 1.75 bits per heavy atom. The highest BCUT2D eigenvalue weighted by molar-refractivity contribution is 4.46. The van der Waals surface area contributed by atoms with Gasteiger partial charge in [-0.25, -0.2) is 0 Å². The van der Waals surface area contributed by atoms with E-state index in [1.54, 1.807) is 0 Å². The lowest BCUT2D eigenvalue weighted by Gasteiger charge is -2.08. The molecule has 2 nitrogen and oxygen atoms in total. The van der Waals surface area contributed by atoms with Crippen LogP contribution in [0.25, 0.3) is 0 Å². The summed E-state index contributed by atoms with van der Waals surface area (Å²) in [6.07, 6.45) is 2.22. The van der Waals surface area contributed by atoms with Gasteiger partial charge in [-0.1, -0.05) is 20.3 Å². The standard InChI is InChI=1S/C10H22O2/c1-4-10(3)9-12-8-6-7-11-5-2/h10H,4-9H2,1-3H3. The van der Waals surface area contributed by atoms with E-state index in [2.05, 4.69) is 13.8 Å². The third-order valence-corrected chi connectivity index (χ3v) is 1.88. The highest BCUT2D eigenvalue weighted by atomic mass is 16.5. The van der Waals surface area contributed by atoms with Crippen LogP contribution in [0.4, 0.5) is 0 Å². The van der Waals surface area contributed by atoms with Gasteiger partial charge in [0.25, 0.3) is 0 Å². The van der Waals surface area contributed by atoms with Gasteiger partial charge >= 0.3 is 0 Å². The molecule has 0 bridgehead atoms. The van der Waals surface area contributed by atoms with Crippen molar-refractivity contribution in [1.29, 1.82) is 0 Å². The zero-order valence-corrected chi connectivity index (χ0v) is 8.64. The van der Waals surface area contributed by atoms with Crippen molar-refractivity contribution in [3.8, 4) is 0 Å². The second kappa shape index (κ2) is 9.01. The molecule has 12 heavy (non-hydrogen) atoms. The van der Waals surface area contributed by atoms with Gasteiger partial charge in [0.05, 0.1) is 0 Å².